The van der Waals surface area contributed by atoms with E-state index in [-0.39, 0.29) is 0 Å². The molecule has 0 spiro atoms. The van der Waals surface area contributed by atoms with E-state index in [1.54, 1.807) is 0 Å². The van der Waals surface area contributed by atoms with Crippen LogP contribution in [0.15, 0.2) is 6.33 Å². The van der Waals surface area contributed by atoms with Gasteiger partial charge in [-0.25, -0.2) is 0 Å². The largest absolute Gasteiger partial charge is 0.304 e. The predicted molar refractivity (Wildman–Crippen MR) is 58.6 cm³/mol. The quantitative estimate of drug-likeness (QED) is 0.725. The summed E-state index contributed by atoms with van der Waals surface area (Å²) >= 11 is 5.19. The molecular weight excluding hydrogens is 194 g/mol. The van der Waals surface area contributed by atoms with Gasteiger partial charge in [0.15, 0.2) is 4.77 Å². The lowest BCUT2D eigenvalue weighted by Gasteiger charge is -2.31. The van der Waals surface area contributed by atoms with Gasteiger partial charge in [0, 0.05) is 6.04 Å². The van der Waals surface area contributed by atoms with Crippen molar-refractivity contribution in [3.05, 3.63) is 11.1 Å². The second-order valence-electron chi connectivity index (χ2n) is 4.64. The molecule has 1 N–H and O–H groups in total. The van der Waals surface area contributed by atoms with Crippen molar-refractivity contribution >= 4 is 12.2 Å². The van der Waals surface area contributed by atoms with Crippen LogP contribution >= 0.6 is 12.2 Å². The molecule has 0 bridgehead atoms. The summed E-state index contributed by atoms with van der Waals surface area (Å²) in [4.78, 5) is 0. The Labute approximate surface area is 89.5 Å². The van der Waals surface area contributed by atoms with E-state index in [0.29, 0.717) is 6.04 Å². The van der Waals surface area contributed by atoms with Gasteiger partial charge in [0.2, 0.25) is 0 Å². The van der Waals surface area contributed by atoms with E-state index in [1.807, 2.05) is 6.33 Å². The number of H-pyrrole nitrogens is 1. The Hall–Kier alpha value is -0.640. The molecule has 0 saturated heterocycles. The van der Waals surface area contributed by atoms with Crippen LogP contribution in [-0.4, -0.2) is 14.8 Å². The van der Waals surface area contributed by atoms with Crippen LogP contribution in [0.4, 0.5) is 0 Å². The van der Waals surface area contributed by atoms with E-state index in [4.69, 9.17) is 12.2 Å². The number of hydrogen-bond acceptors (Lipinski definition) is 2. The Bertz CT molecular complexity index is 344. The first kappa shape index (κ1) is 9.90. The molecule has 1 aliphatic rings. The lowest BCUT2D eigenvalue weighted by atomic mass is 9.80. The minimum atomic E-state index is 0.556. The Morgan fingerprint density at radius 3 is 2.50 bits per heavy atom. The number of nitrogens with one attached hydrogen (secondary N) is 1. The second kappa shape index (κ2) is 3.85. The van der Waals surface area contributed by atoms with Gasteiger partial charge >= 0.3 is 0 Å². The fourth-order valence-corrected chi connectivity index (χ4v) is 2.90. The van der Waals surface area contributed by atoms with E-state index in [2.05, 4.69) is 28.6 Å². The molecule has 0 radical (unpaired) electrons. The van der Waals surface area contributed by atoms with Gasteiger partial charge in [0.1, 0.15) is 6.33 Å². The highest BCUT2D eigenvalue weighted by molar-refractivity contribution is 7.71. The van der Waals surface area contributed by atoms with Crippen LogP contribution < -0.4 is 0 Å². The summed E-state index contributed by atoms with van der Waals surface area (Å²) in [5.74, 6) is 1.61. The number of nitrogens with zero attached hydrogens (tertiary/aromatic N) is 2. The molecule has 0 amide bonds. The smallest absolute Gasteiger partial charge is 0.195 e. The summed E-state index contributed by atoms with van der Waals surface area (Å²) in [6, 6.07) is 0.556. The molecule has 1 fully saturated rings. The average molecular weight is 211 g/mol. The number of aromatic nitrogens is 3. The second-order valence-corrected chi connectivity index (χ2v) is 5.03. The summed E-state index contributed by atoms with van der Waals surface area (Å²) in [6.45, 7) is 4.65. The first-order valence-electron chi connectivity index (χ1n) is 5.28. The van der Waals surface area contributed by atoms with E-state index >= 15 is 0 Å². The van der Waals surface area contributed by atoms with Crippen molar-refractivity contribution in [3.63, 3.8) is 0 Å². The lowest BCUT2D eigenvalue weighted by Crippen LogP contribution is -2.22. The Morgan fingerprint density at radius 2 is 2.00 bits per heavy atom. The van der Waals surface area contributed by atoms with Crippen molar-refractivity contribution in [3.8, 4) is 0 Å². The fraction of sp³-hybridized carbons (Fsp3) is 0.800. The first-order chi connectivity index (χ1) is 6.66. The third-order valence-corrected chi connectivity index (χ3v) is 3.43. The van der Waals surface area contributed by atoms with Crippen molar-refractivity contribution in [1.82, 2.24) is 14.8 Å². The summed E-state index contributed by atoms with van der Waals surface area (Å²) in [5, 5.41) is 6.80. The minimum Gasteiger partial charge on any atom is -0.304 e. The number of rotatable bonds is 1. The monoisotopic (exact) mass is 211 g/mol. The van der Waals surface area contributed by atoms with Crippen molar-refractivity contribution in [2.45, 2.75) is 39.2 Å². The van der Waals surface area contributed by atoms with Gasteiger partial charge in [-0.05, 0) is 43.3 Å². The number of hydrogen-bond donors (Lipinski definition) is 1. The molecule has 0 aromatic carbocycles. The lowest BCUT2D eigenvalue weighted by molar-refractivity contribution is 0.220. The highest BCUT2D eigenvalue weighted by Crippen LogP contribution is 2.35. The molecule has 14 heavy (non-hydrogen) atoms. The third-order valence-electron chi connectivity index (χ3n) is 3.12. The molecule has 1 aromatic heterocycles. The topological polar surface area (TPSA) is 33.6 Å². The summed E-state index contributed by atoms with van der Waals surface area (Å²) in [6.07, 6.45) is 5.65. The van der Waals surface area contributed by atoms with Gasteiger partial charge in [-0.2, -0.15) is 5.10 Å². The maximum Gasteiger partial charge on any atom is 0.195 e. The van der Waals surface area contributed by atoms with Crippen LogP contribution in [0.1, 0.15) is 39.2 Å². The van der Waals surface area contributed by atoms with Crippen molar-refractivity contribution in [2.75, 3.05) is 0 Å². The van der Waals surface area contributed by atoms with E-state index in [0.717, 1.165) is 16.6 Å². The third kappa shape index (κ3) is 1.90. The van der Waals surface area contributed by atoms with Crippen LogP contribution in [0, 0.1) is 16.6 Å². The van der Waals surface area contributed by atoms with Gasteiger partial charge in [-0.3, -0.25) is 5.10 Å². The van der Waals surface area contributed by atoms with Gasteiger partial charge in [0.25, 0.3) is 0 Å². The summed E-state index contributed by atoms with van der Waals surface area (Å²) in [5.41, 5.74) is 0. The maximum atomic E-state index is 5.19. The highest BCUT2D eigenvalue weighted by Gasteiger charge is 2.25. The van der Waals surface area contributed by atoms with Crippen LogP contribution in [0.3, 0.4) is 0 Å². The molecule has 1 heterocycles. The highest BCUT2D eigenvalue weighted by atomic mass is 32.1. The standard InChI is InChI=1S/C10H17N3S/c1-7-3-8(2)5-9(4-7)13-6-11-12-10(13)14/h6-9H,3-5H2,1-2H3,(H,12,14). The zero-order valence-corrected chi connectivity index (χ0v) is 9.55. The minimum absolute atomic E-state index is 0.556. The predicted octanol–water partition coefficient (Wildman–Crippen LogP) is 2.94. The molecule has 1 aromatic rings. The SMILES string of the molecule is CC1CC(C)CC(n2cn[nH]c2=S)C1. The summed E-state index contributed by atoms with van der Waals surface area (Å²) in [7, 11) is 0. The zero-order valence-electron chi connectivity index (χ0n) is 8.73. The maximum absolute atomic E-state index is 5.19. The molecule has 2 unspecified atom stereocenters. The zero-order chi connectivity index (χ0) is 10.1. The van der Waals surface area contributed by atoms with E-state index in [9.17, 15) is 0 Å². The van der Waals surface area contributed by atoms with Crippen molar-refractivity contribution in [1.29, 1.82) is 0 Å². The summed E-state index contributed by atoms with van der Waals surface area (Å²) < 4.78 is 2.87. The normalized spacial score (nSPS) is 33.1. The molecule has 4 heteroatoms. The Morgan fingerprint density at radius 1 is 1.36 bits per heavy atom. The van der Waals surface area contributed by atoms with E-state index < -0.39 is 0 Å². The van der Waals surface area contributed by atoms with Crippen LogP contribution in [-0.2, 0) is 0 Å². The van der Waals surface area contributed by atoms with Gasteiger partial charge in [-0.15, -0.1) is 0 Å². The van der Waals surface area contributed by atoms with Gasteiger partial charge < -0.3 is 4.57 Å². The molecule has 1 aliphatic carbocycles. The van der Waals surface area contributed by atoms with Crippen molar-refractivity contribution < 1.29 is 0 Å². The molecule has 0 aliphatic heterocycles. The molecule has 78 valence electrons. The van der Waals surface area contributed by atoms with E-state index in [1.165, 1.54) is 19.3 Å². The van der Waals surface area contributed by atoms with Crippen molar-refractivity contribution in [2.24, 2.45) is 11.8 Å². The van der Waals surface area contributed by atoms with Gasteiger partial charge in [-0.1, -0.05) is 13.8 Å². The number of aromatic amines is 1. The average Bonchev–Trinajstić information content (AvgIpc) is 2.49. The molecular formula is C10H17N3S. The molecule has 1 saturated carbocycles. The van der Waals surface area contributed by atoms with Gasteiger partial charge in [0.05, 0.1) is 0 Å². The molecule has 2 rings (SSSR count). The molecule has 2 atom stereocenters. The first-order valence-corrected chi connectivity index (χ1v) is 5.69. The fourth-order valence-electron chi connectivity index (χ4n) is 2.65. The Balaban J connectivity index is 2.19. The van der Waals surface area contributed by atoms with Crippen LogP contribution in [0.2, 0.25) is 0 Å². The Kier molecular flexibility index (Phi) is 2.72. The van der Waals surface area contributed by atoms with Crippen LogP contribution in [0.25, 0.3) is 0 Å². The molecule has 3 nitrogen and oxygen atoms in total. The van der Waals surface area contributed by atoms with Crippen LogP contribution in [0.5, 0.6) is 0 Å².